The number of thioether (sulfide) groups is 1. The van der Waals surface area contributed by atoms with Crippen LogP contribution in [0.15, 0.2) is 28.7 Å². The van der Waals surface area contributed by atoms with Crippen LogP contribution in [0.2, 0.25) is 0 Å². The van der Waals surface area contributed by atoms with Crippen molar-refractivity contribution in [2.45, 2.75) is 24.5 Å². The summed E-state index contributed by atoms with van der Waals surface area (Å²) in [6, 6.07) is 0.501. The van der Waals surface area contributed by atoms with Gasteiger partial charge >= 0.3 is 0 Å². The van der Waals surface area contributed by atoms with Crippen LogP contribution in [-0.4, -0.2) is 86.5 Å². The summed E-state index contributed by atoms with van der Waals surface area (Å²) in [6.45, 7) is 0. The molecule has 1 aromatic rings. The first-order valence-corrected chi connectivity index (χ1v) is 13.7. The van der Waals surface area contributed by atoms with Gasteiger partial charge in [0.2, 0.25) is 11.7 Å². The molecule has 0 aliphatic heterocycles. The third-order valence-corrected chi connectivity index (χ3v) is 8.73. The zero-order valence-electron chi connectivity index (χ0n) is 20.2. The monoisotopic (exact) mass is 643 g/mol. The van der Waals surface area contributed by atoms with Crippen LogP contribution in [0.4, 0.5) is 5.69 Å². The van der Waals surface area contributed by atoms with Crippen LogP contribution < -0.4 is 11.1 Å². The van der Waals surface area contributed by atoms with Gasteiger partial charge in [0.25, 0.3) is 5.91 Å². The number of hydrogen-bond acceptors (Lipinski definition) is 10. The summed E-state index contributed by atoms with van der Waals surface area (Å²) in [6.07, 6.45) is 1.93. The van der Waals surface area contributed by atoms with Crippen molar-refractivity contribution in [3.05, 3.63) is 43.4 Å². The van der Waals surface area contributed by atoms with E-state index in [4.69, 9.17) is 5.73 Å². The van der Waals surface area contributed by atoms with Crippen molar-refractivity contribution in [3.63, 3.8) is 0 Å². The fraction of sp³-hybridized carbons (Fsp3) is 0.417. The number of aromatic hydroxyl groups is 1. The number of rotatable bonds is 5. The van der Waals surface area contributed by atoms with Crippen molar-refractivity contribution in [2.24, 2.45) is 17.6 Å². The first kappa shape index (κ1) is 27.4. The average Bonchev–Trinajstić information content (AvgIpc) is 2.79. The number of anilines is 1. The van der Waals surface area contributed by atoms with Gasteiger partial charge in [-0.3, -0.25) is 24.1 Å². The minimum Gasteiger partial charge on any atom is -0.510 e. The summed E-state index contributed by atoms with van der Waals surface area (Å²) in [4.78, 5) is 52.7. The van der Waals surface area contributed by atoms with E-state index in [-0.39, 0.29) is 41.3 Å². The molecule has 0 saturated carbocycles. The molecule has 0 fully saturated rings. The second-order valence-electron chi connectivity index (χ2n) is 9.55. The lowest BCUT2D eigenvalue weighted by Gasteiger charge is -2.50. The molecule has 0 saturated heterocycles. The molecule has 1 aromatic carbocycles. The number of Topliss-reactive ketones (excluding diaryl/α,β-unsaturated/α-hetero) is 2. The van der Waals surface area contributed by atoms with Crippen molar-refractivity contribution in [1.82, 2.24) is 4.90 Å². The molecule has 3 aliphatic carbocycles. The van der Waals surface area contributed by atoms with Gasteiger partial charge in [0, 0.05) is 15.1 Å². The fourth-order valence-electron chi connectivity index (χ4n) is 5.69. The van der Waals surface area contributed by atoms with E-state index < -0.39 is 63.8 Å². The van der Waals surface area contributed by atoms with E-state index in [2.05, 4.69) is 5.32 Å². The minimum atomic E-state index is -2.70. The van der Waals surface area contributed by atoms with E-state index in [1.54, 1.807) is 26.4 Å². The van der Waals surface area contributed by atoms with Crippen molar-refractivity contribution < 1.29 is 39.6 Å². The smallest absolute Gasteiger partial charge is 0.255 e. The summed E-state index contributed by atoms with van der Waals surface area (Å²) in [5, 5.41) is 47.2. The Balaban J connectivity index is 1.90. The third kappa shape index (κ3) is 4.02. The van der Waals surface area contributed by atoms with Gasteiger partial charge in [-0.2, -0.15) is 11.8 Å². The van der Waals surface area contributed by atoms with Gasteiger partial charge in [-0.1, -0.05) is 0 Å². The number of amides is 2. The SMILES string of the molecule is CSCC(=O)Nc1cc(I)c2c(c1O)C(=O)C1=C(O)[C@]3(O)C(=O)C(C(N)=O)=C(O)[C@@H](N(C)C)C3CC1C2. The number of nitrogens with one attached hydrogen (secondary N) is 1. The second-order valence-corrected chi connectivity index (χ2v) is 11.6. The summed E-state index contributed by atoms with van der Waals surface area (Å²) >= 11 is 3.27. The minimum absolute atomic E-state index is 0.00874. The molecule has 3 aliphatic rings. The molecule has 0 spiro atoms. The number of allylic oxidation sites excluding steroid dienone is 1. The average molecular weight is 643 g/mol. The highest BCUT2D eigenvalue weighted by Gasteiger charge is 2.63. The number of benzene rings is 1. The molecule has 198 valence electrons. The van der Waals surface area contributed by atoms with Gasteiger partial charge in [0.15, 0.2) is 17.1 Å². The number of carbonyl (C=O) groups excluding carboxylic acids is 4. The number of primary amides is 1. The Labute approximate surface area is 229 Å². The van der Waals surface area contributed by atoms with Crippen LogP contribution in [0.1, 0.15) is 22.3 Å². The summed E-state index contributed by atoms with van der Waals surface area (Å²) in [5.41, 5.74) is 1.90. The number of aliphatic hydroxyl groups is 3. The number of nitrogens with zero attached hydrogens (tertiary/aromatic N) is 1. The lowest BCUT2D eigenvalue weighted by molar-refractivity contribution is -0.148. The fourth-order valence-corrected chi connectivity index (χ4v) is 6.82. The van der Waals surface area contributed by atoms with E-state index in [0.717, 1.165) is 0 Å². The largest absolute Gasteiger partial charge is 0.510 e. The van der Waals surface area contributed by atoms with Gasteiger partial charge in [-0.25, -0.2) is 0 Å². The number of carbonyl (C=O) groups is 4. The van der Waals surface area contributed by atoms with E-state index in [1.165, 1.54) is 16.7 Å². The number of nitrogens with two attached hydrogens (primary N) is 1. The summed E-state index contributed by atoms with van der Waals surface area (Å²) < 4.78 is 0.597. The molecule has 2 unspecified atom stereocenters. The van der Waals surface area contributed by atoms with Crippen LogP contribution in [0.5, 0.6) is 5.75 Å². The first-order valence-electron chi connectivity index (χ1n) is 11.2. The summed E-state index contributed by atoms with van der Waals surface area (Å²) in [5.74, 6) is -7.41. The molecule has 4 rings (SSSR count). The Hall–Kier alpha value is -2.62. The number of aliphatic hydroxyl groups excluding tert-OH is 2. The number of fused-ring (bicyclic) bond motifs is 3. The lowest BCUT2D eigenvalue weighted by Crippen LogP contribution is -2.63. The molecule has 0 radical (unpaired) electrons. The van der Waals surface area contributed by atoms with Gasteiger partial charge < -0.3 is 31.5 Å². The van der Waals surface area contributed by atoms with Gasteiger partial charge in [0.05, 0.1) is 23.0 Å². The van der Waals surface area contributed by atoms with Gasteiger partial charge in [-0.15, -0.1) is 0 Å². The standard InChI is InChI=1S/C24H26IN3O8S/c1-28(2)17-10-5-8-4-9-11(25)6-12(27-13(29)7-37-3)18(30)15(9)19(31)14(8)21(33)24(10,36)22(34)16(20(17)32)23(26)35/h6,8,10,17,30,32-33,36H,4-5,7H2,1-3H3,(H2,26,35)(H,27,29)/t8?,10?,17-,24-/m0/s1. The number of phenolic OH excluding ortho intramolecular Hbond substituents is 1. The number of halogens is 1. The van der Waals surface area contributed by atoms with E-state index in [9.17, 15) is 39.6 Å². The zero-order valence-corrected chi connectivity index (χ0v) is 23.1. The van der Waals surface area contributed by atoms with Crippen molar-refractivity contribution in [2.75, 3.05) is 31.4 Å². The molecule has 13 heteroatoms. The maximum absolute atomic E-state index is 13.7. The molecule has 0 heterocycles. The van der Waals surface area contributed by atoms with Gasteiger partial charge in [0.1, 0.15) is 17.1 Å². The Bertz CT molecular complexity index is 1320. The molecule has 0 bridgehead atoms. The molecular weight excluding hydrogens is 617 g/mol. The highest BCUT2D eigenvalue weighted by atomic mass is 127. The predicted octanol–water partition coefficient (Wildman–Crippen LogP) is 1.03. The Kier molecular flexibility index (Phi) is 7.11. The van der Waals surface area contributed by atoms with Crippen LogP contribution >= 0.6 is 34.4 Å². The zero-order chi connectivity index (χ0) is 27.6. The Morgan fingerprint density at radius 1 is 1.27 bits per heavy atom. The van der Waals surface area contributed by atoms with Crippen LogP contribution in [-0.2, 0) is 20.8 Å². The third-order valence-electron chi connectivity index (χ3n) is 7.22. The van der Waals surface area contributed by atoms with E-state index >= 15 is 0 Å². The highest BCUT2D eigenvalue weighted by molar-refractivity contribution is 14.1. The van der Waals surface area contributed by atoms with Crippen LogP contribution in [0.25, 0.3) is 0 Å². The topological polar surface area (TPSA) is 190 Å². The second kappa shape index (κ2) is 9.60. The number of hydrogen-bond donors (Lipinski definition) is 6. The van der Waals surface area contributed by atoms with Crippen molar-refractivity contribution >= 4 is 63.4 Å². The van der Waals surface area contributed by atoms with Crippen LogP contribution in [0.3, 0.4) is 0 Å². The summed E-state index contributed by atoms with van der Waals surface area (Å²) in [7, 11) is 3.14. The molecule has 11 nitrogen and oxygen atoms in total. The lowest BCUT2D eigenvalue weighted by atomic mass is 9.58. The molecule has 37 heavy (non-hydrogen) atoms. The molecule has 0 aromatic heterocycles. The maximum atomic E-state index is 13.7. The van der Waals surface area contributed by atoms with E-state index in [0.29, 0.717) is 9.13 Å². The molecular formula is C24H26IN3O8S. The van der Waals surface area contributed by atoms with E-state index in [1.807, 2.05) is 22.6 Å². The molecule has 4 atom stereocenters. The first-order chi connectivity index (χ1) is 17.3. The Morgan fingerprint density at radius 2 is 1.92 bits per heavy atom. The highest BCUT2D eigenvalue weighted by Crippen LogP contribution is 2.53. The van der Waals surface area contributed by atoms with Gasteiger partial charge in [-0.05, 0) is 73.3 Å². The van der Waals surface area contributed by atoms with Crippen LogP contribution in [0, 0.1) is 15.4 Å². The Morgan fingerprint density at radius 3 is 2.49 bits per heavy atom. The predicted molar refractivity (Wildman–Crippen MR) is 143 cm³/mol. The number of likely N-dealkylation sites (N-methyl/N-ethyl adjacent to an activating group) is 1. The number of ketones is 2. The quantitative estimate of drug-likeness (QED) is 0.154. The maximum Gasteiger partial charge on any atom is 0.255 e. The van der Waals surface area contributed by atoms with Crippen molar-refractivity contribution in [1.29, 1.82) is 0 Å². The number of phenols is 1. The molecule has 7 N–H and O–H groups in total. The normalized spacial score (nSPS) is 27.1. The molecule has 2 amide bonds. The van der Waals surface area contributed by atoms with Crippen molar-refractivity contribution in [3.8, 4) is 5.75 Å².